The number of benzene rings is 1. The van der Waals surface area contributed by atoms with E-state index in [1.165, 1.54) is 4.90 Å². The number of nitrogens with zero attached hydrogens (tertiary/aromatic N) is 1. The van der Waals surface area contributed by atoms with E-state index in [4.69, 9.17) is 5.73 Å². The standard InChI is InChI=1S/C12H15N3O2/c1-8-2-4-9(5-3-8)7-15-10(13)6-11(16)14-12(15)17/h2-5,10H,6-7,13H2,1H3,(H,14,16,17). The molecule has 90 valence electrons. The van der Waals surface area contributed by atoms with Gasteiger partial charge in [-0.1, -0.05) is 29.8 Å². The fraction of sp³-hybridized carbons (Fsp3) is 0.333. The molecule has 0 radical (unpaired) electrons. The molecule has 1 aliphatic rings. The molecular formula is C12H15N3O2. The van der Waals surface area contributed by atoms with E-state index in [0.717, 1.165) is 11.1 Å². The van der Waals surface area contributed by atoms with Crippen LogP contribution < -0.4 is 11.1 Å². The molecule has 1 unspecified atom stereocenters. The highest BCUT2D eigenvalue weighted by Crippen LogP contribution is 2.12. The molecule has 1 heterocycles. The molecule has 3 N–H and O–H groups in total. The van der Waals surface area contributed by atoms with E-state index < -0.39 is 12.2 Å². The lowest BCUT2D eigenvalue weighted by molar-refractivity contribution is -0.122. The zero-order chi connectivity index (χ0) is 12.4. The van der Waals surface area contributed by atoms with Crippen LogP contribution in [0.1, 0.15) is 17.5 Å². The predicted octanol–water partition coefficient (Wildman–Crippen LogP) is 0.722. The lowest BCUT2D eigenvalue weighted by Crippen LogP contribution is -2.57. The first-order chi connectivity index (χ1) is 8.06. The maximum Gasteiger partial charge on any atom is 0.325 e. The van der Waals surface area contributed by atoms with Gasteiger partial charge in [-0.3, -0.25) is 10.1 Å². The number of nitrogens with one attached hydrogen (secondary N) is 1. The largest absolute Gasteiger partial charge is 0.325 e. The second-order valence-corrected chi connectivity index (χ2v) is 4.24. The first kappa shape index (κ1) is 11.6. The molecule has 1 atom stereocenters. The number of carbonyl (C=O) groups is 2. The summed E-state index contributed by atoms with van der Waals surface area (Å²) in [6.45, 7) is 2.42. The highest BCUT2D eigenvalue weighted by Gasteiger charge is 2.29. The van der Waals surface area contributed by atoms with Crippen molar-refractivity contribution in [3.63, 3.8) is 0 Å². The minimum atomic E-state index is -0.544. The molecule has 1 aromatic rings. The van der Waals surface area contributed by atoms with Gasteiger partial charge in [0, 0.05) is 6.54 Å². The van der Waals surface area contributed by atoms with Crippen molar-refractivity contribution in [3.05, 3.63) is 35.4 Å². The van der Waals surface area contributed by atoms with Crippen LogP contribution in [0.15, 0.2) is 24.3 Å². The van der Waals surface area contributed by atoms with Crippen LogP contribution in [0, 0.1) is 6.92 Å². The summed E-state index contributed by atoms with van der Waals surface area (Å²) < 4.78 is 0. The third kappa shape index (κ3) is 2.62. The highest BCUT2D eigenvalue weighted by atomic mass is 16.2. The quantitative estimate of drug-likeness (QED) is 0.790. The fourth-order valence-corrected chi connectivity index (χ4v) is 1.77. The maximum absolute atomic E-state index is 11.6. The van der Waals surface area contributed by atoms with Crippen LogP contribution in [0.2, 0.25) is 0 Å². The Morgan fingerprint density at radius 3 is 2.59 bits per heavy atom. The number of rotatable bonds is 2. The summed E-state index contributed by atoms with van der Waals surface area (Å²) in [4.78, 5) is 24.2. The number of carbonyl (C=O) groups excluding carboxylic acids is 2. The number of hydrogen-bond donors (Lipinski definition) is 2. The minimum absolute atomic E-state index is 0.150. The van der Waals surface area contributed by atoms with Crippen molar-refractivity contribution in [1.82, 2.24) is 10.2 Å². The van der Waals surface area contributed by atoms with Crippen molar-refractivity contribution in [3.8, 4) is 0 Å². The normalized spacial score (nSPS) is 20.4. The monoisotopic (exact) mass is 233 g/mol. The highest BCUT2D eigenvalue weighted by molar-refractivity contribution is 5.97. The smallest absolute Gasteiger partial charge is 0.311 e. The lowest BCUT2D eigenvalue weighted by Gasteiger charge is -2.32. The first-order valence-corrected chi connectivity index (χ1v) is 5.48. The van der Waals surface area contributed by atoms with Crippen LogP contribution in [0.5, 0.6) is 0 Å². The van der Waals surface area contributed by atoms with Gasteiger partial charge in [0.25, 0.3) is 0 Å². The van der Waals surface area contributed by atoms with Crippen LogP contribution in [-0.4, -0.2) is 23.0 Å². The fourth-order valence-electron chi connectivity index (χ4n) is 1.77. The number of imide groups is 1. The van der Waals surface area contributed by atoms with E-state index in [-0.39, 0.29) is 12.3 Å². The molecule has 3 amide bonds. The average molecular weight is 233 g/mol. The van der Waals surface area contributed by atoms with Gasteiger partial charge in [0.1, 0.15) is 0 Å². The zero-order valence-electron chi connectivity index (χ0n) is 9.64. The Morgan fingerprint density at radius 2 is 2.00 bits per heavy atom. The van der Waals surface area contributed by atoms with E-state index in [9.17, 15) is 9.59 Å². The van der Waals surface area contributed by atoms with Crippen molar-refractivity contribution >= 4 is 11.9 Å². The molecule has 0 saturated carbocycles. The first-order valence-electron chi connectivity index (χ1n) is 5.48. The van der Waals surface area contributed by atoms with Gasteiger partial charge in [-0.05, 0) is 12.5 Å². The summed E-state index contributed by atoms with van der Waals surface area (Å²) in [5.41, 5.74) is 7.94. The second-order valence-electron chi connectivity index (χ2n) is 4.24. The molecular weight excluding hydrogens is 218 g/mol. The summed E-state index contributed by atoms with van der Waals surface area (Å²) in [7, 11) is 0. The Labute approximate surface area is 99.6 Å². The van der Waals surface area contributed by atoms with Crippen molar-refractivity contribution in [2.45, 2.75) is 26.1 Å². The minimum Gasteiger partial charge on any atom is -0.311 e. The van der Waals surface area contributed by atoms with E-state index in [1.54, 1.807) is 0 Å². The Bertz CT molecular complexity index is 442. The van der Waals surface area contributed by atoms with Gasteiger partial charge in [-0.2, -0.15) is 0 Å². The molecule has 1 aromatic carbocycles. The van der Waals surface area contributed by atoms with Gasteiger partial charge in [0.05, 0.1) is 12.6 Å². The second kappa shape index (κ2) is 4.55. The topological polar surface area (TPSA) is 75.4 Å². The van der Waals surface area contributed by atoms with Gasteiger partial charge in [-0.15, -0.1) is 0 Å². The maximum atomic E-state index is 11.6. The third-order valence-corrected chi connectivity index (χ3v) is 2.78. The molecule has 0 aromatic heterocycles. The summed E-state index contributed by atoms with van der Waals surface area (Å²) >= 11 is 0. The van der Waals surface area contributed by atoms with Gasteiger partial charge in [0.15, 0.2) is 0 Å². The number of hydrogen-bond acceptors (Lipinski definition) is 3. The molecule has 1 fully saturated rings. The van der Waals surface area contributed by atoms with Gasteiger partial charge < -0.3 is 10.6 Å². The molecule has 1 aliphatic heterocycles. The van der Waals surface area contributed by atoms with Crippen LogP contribution in [-0.2, 0) is 11.3 Å². The molecule has 0 aliphatic carbocycles. The molecule has 1 saturated heterocycles. The third-order valence-electron chi connectivity index (χ3n) is 2.78. The van der Waals surface area contributed by atoms with E-state index in [2.05, 4.69) is 5.32 Å². The summed E-state index contributed by atoms with van der Waals surface area (Å²) in [5, 5.41) is 2.26. The van der Waals surface area contributed by atoms with Crippen molar-refractivity contribution in [1.29, 1.82) is 0 Å². The van der Waals surface area contributed by atoms with Gasteiger partial charge in [-0.25, -0.2) is 4.79 Å². The molecule has 5 nitrogen and oxygen atoms in total. The molecule has 5 heteroatoms. The van der Waals surface area contributed by atoms with Crippen LogP contribution >= 0.6 is 0 Å². The molecule has 17 heavy (non-hydrogen) atoms. The van der Waals surface area contributed by atoms with Crippen LogP contribution in [0.25, 0.3) is 0 Å². The summed E-state index contributed by atoms with van der Waals surface area (Å²) in [5.74, 6) is -0.317. The Morgan fingerprint density at radius 1 is 1.35 bits per heavy atom. The zero-order valence-corrected chi connectivity index (χ0v) is 9.64. The number of nitrogens with two attached hydrogens (primary N) is 1. The molecule has 2 rings (SSSR count). The van der Waals surface area contributed by atoms with Gasteiger partial charge in [0.2, 0.25) is 5.91 Å². The van der Waals surface area contributed by atoms with Gasteiger partial charge >= 0.3 is 6.03 Å². The predicted molar refractivity (Wildman–Crippen MR) is 62.9 cm³/mol. The van der Waals surface area contributed by atoms with Crippen molar-refractivity contribution < 1.29 is 9.59 Å². The SMILES string of the molecule is Cc1ccc(CN2C(=O)NC(=O)CC2N)cc1. The Balaban J connectivity index is 2.09. The van der Waals surface area contributed by atoms with E-state index in [1.807, 2.05) is 31.2 Å². The molecule has 0 bridgehead atoms. The van der Waals surface area contributed by atoms with Crippen LogP contribution in [0.4, 0.5) is 4.79 Å². The lowest BCUT2D eigenvalue weighted by atomic mass is 10.1. The Hall–Kier alpha value is -1.88. The number of aryl methyl sites for hydroxylation is 1. The van der Waals surface area contributed by atoms with Crippen molar-refractivity contribution in [2.24, 2.45) is 5.73 Å². The Kier molecular flexibility index (Phi) is 3.10. The summed E-state index contributed by atoms with van der Waals surface area (Å²) in [6.07, 6.45) is -0.394. The van der Waals surface area contributed by atoms with E-state index >= 15 is 0 Å². The average Bonchev–Trinajstić information content (AvgIpc) is 2.26. The number of urea groups is 1. The van der Waals surface area contributed by atoms with Crippen molar-refractivity contribution in [2.75, 3.05) is 0 Å². The number of amides is 3. The van der Waals surface area contributed by atoms with Crippen LogP contribution in [0.3, 0.4) is 0 Å². The molecule has 0 spiro atoms. The van der Waals surface area contributed by atoms with E-state index in [0.29, 0.717) is 6.54 Å². The summed E-state index contributed by atoms with van der Waals surface area (Å²) in [6, 6.07) is 7.44.